The van der Waals surface area contributed by atoms with Crippen LogP contribution in [0.1, 0.15) is 66.2 Å². The van der Waals surface area contributed by atoms with E-state index in [0.717, 1.165) is 37.2 Å². The van der Waals surface area contributed by atoms with Crippen molar-refractivity contribution < 1.29 is 9.84 Å². The summed E-state index contributed by atoms with van der Waals surface area (Å²) in [5.74, 6) is 2.46. The molecule has 3 fully saturated rings. The van der Waals surface area contributed by atoms with Gasteiger partial charge in [0.1, 0.15) is 0 Å². The predicted octanol–water partition coefficient (Wildman–Crippen LogP) is 4.01. The highest BCUT2D eigenvalue weighted by Crippen LogP contribution is 2.70. The van der Waals surface area contributed by atoms with Crippen molar-refractivity contribution >= 4 is 0 Å². The minimum Gasteiger partial charge on any atom is -0.390 e. The molecule has 0 aromatic heterocycles. The summed E-state index contributed by atoms with van der Waals surface area (Å²) in [4.78, 5) is 0. The molecule has 3 unspecified atom stereocenters. The van der Waals surface area contributed by atoms with Gasteiger partial charge in [0.25, 0.3) is 0 Å². The Balaban J connectivity index is 1.70. The zero-order valence-corrected chi connectivity index (χ0v) is 13.7. The van der Waals surface area contributed by atoms with Crippen molar-refractivity contribution in [1.29, 1.82) is 0 Å². The summed E-state index contributed by atoms with van der Waals surface area (Å²) in [6, 6.07) is 0. The Bertz CT molecular complexity index is 364. The Kier molecular flexibility index (Phi) is 3.70. The van der Waals surface area contributed by atoms with Gasteiger partial charge in [-0.05, 0) is 74.0 Å². The Morgan fingerprint density at radius 1 is 1.10 bits per heavy atom. The van der Waals surface area contributed by atoms with Gasteiger partial charge in [-0.15, -0.1) is 0 Å². The molecule has 3 aliphatic carbocycles. The van der Waals surface area contributed by atoms with Gasteiger partial charge < -0.3 is 9.84 Å². The number of aliphatic hydroxyl groups is 1. The molecule has 3 aliphatic rings. The van der Waals surface area contributed by atoms with Gasteiger partial charge in [0.15, 0.2) is 0 Å². The number of aliphatic hydroxyl groups excluding tert-OH is 1. The molecule has 0 aliphatic heterocycles. The third-order valence-corrected chi connectivity index (χ3v) is 7.61. The van der Waals surface area contributed by atoms with Gasteiger partial charge in [0, 0.05) is 6.61 Å². The smallest absolute Gasteiger partial charge is 0.0834 e. The second-order valence-corrected chi connectivity index (χ2v) is 8.35. The molecule has 0 saturated heterocycles. The van der Waals surface area contributed by atoms with Crippen molar-refractivity contribution in [3.8, 4) is 0 Å². The summed E-state index contributed by atoms with van der Waals surface area (Å²) in [6.07, 6.45) is 7.36. The van der Waals surface area contributed by atoms with E-state index in [1.807, 2.05) is 6.92 Å². The quantitative estimate of drug-likeness (QED) is 0.846. The maximum absolute atomic E-state index is 10.4. The van der Waals surface area contributed by atoms with Crippen LogP contribution in [0.3, 0.4) is 0 Å². The average molecular weight is 280 g/mol. The van der Waals surface area contributed by atoms with Crippen LogP contribution in [-0.2, 0) is 4.74 Å². The fourth-order valence-corrected chi connectivity index (χ4v) is 5.90. The van der Waals surface area contributed by atoms with Gasteiger partial charge in [-0.25, -0.2) is 0 Å². The Morgan fingerprint density at radius 3 is 2.35 bits per heavy atom. The van der Waals surface area contributed by atoms with Gasteiger partial charge >= 0.3 is 0 Å². The van der Waals surface area contributed by atoms with E-state index in [-0.39, 0.29) is 12.2 Å². The van der Waals surface area contributed by atoms with Crippen molar-refractivity contribution in [3.05, 3.63) is 0 Å². The predicted molar refractivity (Wildman–Crippen MR) is 81.5 cm³/mol. The van der Waals surface area contributed by atoms with Gasteiger partial charge in [0.05, 0.1) is 12.2 Å². The summed E-state index contributed by atoms with van der Waals surface area (Å²) in [5, 5.41) is 10.4. The van der Waals surface area contributed by atoms with Crippen LogP contribution in [0, 0.1) is 28.6 Å². The van der Waals surface area contributed by atoms with E-state index in [9.17, 15) is 5.11 Å². The van der Waals surface area contributed by atoms with Crippen LogP contribution in [0.25, 0.3) is 0 Å². The van der Waals surface area contributed by atoms with Gasteiger partial charge in [-0.1, -0.05) is 20.8 Å². The molecule has 0 spiro atoms. The van der Waals surface area contributed by atoms with Crippen LogP contribution in [0.2, 0.25) is 0 Å². The molecule has 0 heterocycles. The highest BCUT2D eigenvalue weighted by Gasteiger charge is 2.62. The second kappa shape index (κ2) is 4.98. The standard InChI is InChI=1S/C18H32O2/c1-5-20-16-7-6-12(10-15(16)19)14-11-13-8-9-18(14,4)17(13,2)3/h12-16,19H,5-11H2,1-4H3/t12?,13-,14+,15?,16?,18+/m0/s1. The Morgan fingerprint density at radius 2 is 1.85 bits per heavy atom. The first-order valence-electron chi connectivity index (χ1n) is 8.69. The monoisotopic (exact) mass is 280 g/mol. The van der Waals surface area contributed by atoms with E-state index < -0.39 is 0 Å². The first-order valence-corrected chi connectivity index (χ1v) is 8.69. The second-order valence-electron chi connectivity index (χ2n) is 8.35. The minimum absolute atomic E-state index is 0.0932. The third-order valence-electron chi connectivity index (χ3n) is 7.61. The lowest BCUT2D eigenvalue weighted by Crippen LogP contribution is -2.42. The van der Waals surface area contributed by atoms with E-state index in [0.29, 0.717) is 10.8 Å². The van der Waals surface area contributed by atoms with Crippen molar-refractivity contribution in [2.45, 2.75) is 78.4 Å². The molecule has 0 aromatic rings. The normalized spacial score (nSPS) is 50.5. The highest BCUT2D eigenvalue weighted by atomic mass is 16.5. The molecular formula is C18H32O2. The van der Waals surface area contributed by atoms with Crippen LogP contribution in [0.4, 0.5) is 0 Å². The highest BCUT2D eigenvalue weighted by molar-refractivity contribution is 5.11. The SMILES string of the molecule is CCOC1CCC([C@H]2C[C@@H]3CC[C@@]2(C)C3(C)C)CC1O. The number of ether oxygens (including phenoxy) is 1. The average Bonchev–Trinajstić information content (AvgIpc) is 2.74. The van der Waals surface area contributed by atoms with E-state index in [1.54, 1.807) is 0 Å². The van der Waals surface area contributed by atoms with Gasteiger partial charge in [-0.3, -0.25) is 0 Å². The summed E-state index contributed by atoms with van der Waals surface area (Å²) >= 11 is 0. The molecule has 0 aromatic carbocycles. The molecule has 20 heavy (non-hydrogen) atoms. The molecule has 3 saturated carbocycles. The molecule has 0 amide bonds. The lowest BCUT2D eigenvalue weighted by Gasteiger charge is -2.45. The summed E-state index contributed by atoms with van der Waals surface area (Å²) in [6.45, 7) is 10.3. The number of hydrogen-bond acceptors (Lipinski definition) is 2. The summed E-state index contributed by atoms with van der Waals surface area (Å²) in [5.41, 5.74) is 1.000. The Labute approximate surface area is 124 Å². The molecule has 2 heteroatoms. The van der Waals surface area contributed by atoms with Crippen molar-refractivity contribution in [3.63, 3.8) is 0 Å². The molecular weight excluding hydrogens is 248 g/mol. The number of rotatable bonds is 3. The summed E-state index contributed by atoms with van der Waals surface area (Å²) in [7, 11) is 0. The van der Waals surface area contributed by atoms with Crippen molar-refractivity contribution in [1.82, 2.24) is 0 Å². The van der Waals surface area contributed by atoms with Crippen LogP contribution >= 0.6 is 0 Å². The van der Waals surface area contributed by atoms with Crippen LogP contribution < -0.4 is 0 Å². The van der Waals surface area contributed by atoms with E-state index >= 15 is 0 Å². The summed E-state index contributed by atoms with van der Waals surface area (Å²) < 4.78 is 5.68. The zero-order valence-electron chi connectivity index (χ0n) is 13.7. The van der Waals surface area contributed by atoms with E-state index in [2.05, 4.69) is 20.8 Å². The third kappa shape index (κ3) is 1.98. The first-order chi connectivity index (χ1) is 9.40. The molecule has 2 nitrogen and oxygen atoms in total. The fraction of sp³-hybridized carbons (Fsp3) is 1.00. The van der Waals surface area contributed by atoms with Gasteiger partial charge in [0.2, 0.25) is 0 Å². The Hall–Kier alpha value is -0.0800. The number of fused-ring (bicyclic) bond motifs is 2. The first kappa shape index (κ1) is 14.8. The lowest BCUT2D eigenvalue weighted by atomic mass is 9.61. The van der Waals surface area contributed by atoms with Crippen molar-refractivity contribution in [2.24, 2.45) is 28.6 Å². The molecule has 1 N–H and O–H groups in total. The molecule has 0 radical (unpaired) electrons. The van der Waals surface area contributed by atoms with Crippen LogP contribution in [0.5, 0.6) is 0 Å². The number of hydrogen-bond donors (Lipinski definition) is 1. The molecule has 116 valence electrons. The molecule has 6 atom stereocenters. The lowest BCUT2D eigenvalue weighted by molar-refractivity contribution is -0.0829. The molecule has 2 bridgehead atoms. The van der Waals surface area contributed by atoms with Gasteiger partial charge in [-0.2, -0.15) is 0 Å². The van der Waals surface area contributed by atoms with Crippen molar-refractivity contribution in [2.75, 3.05) is 6.61 Å². The molecule has 3 rings (SSSR count). The van der Waals surface area contributed by atoms with Crippen LogP contribution in [0.15, 0.2) is 0 Å². The zero-order chi connectivity index (χ0) is 14.5. The fourth-order valence-electron chi connectivity index (χ4n) is 5.90. The maximum Gasteiger partial charge on any atom is 0.0834 e. The topological polar surface area (TPSA) is 29.5 Å². The van der Waals surface area contributed by atoms with E-state index in [1.165, 1.54) is 25.7 Å². The van der Waals surface area contributed by atoms with E-state index in [4.69, 9.17) is 4.74 Å². The minimum atomic E-state index is -0.237. The van der Waals surface area contributed by atoms with Crippen LogP contribution in [-0.4, -0.2) is 23.9 Å². The largest absolute Gasteiger partial charge is 0.390 e. The maximum atomic E-state index is 10.4.